The first kappa shape index (κ1) is 44.8. The molecule has 3 aromatic carbocycles. The van der Waals surface area contributed by atoms with E-state index in [1.165, 1.54) is 0 Å². The van der Waals surface area contributed by atoms with Crippen molar-refractivity contribution in [1.29, 1.82) is 5.26 Å². The zero-order valence-electron chi connectivity index (χ0n) is 34.9. The van der Waals surface area contributed by atoms with Crippen molar-refractivity contribution in [1.82, 2.24) is 19.8 Å². The Balaban J connectivity index is 1.03. The van der Waals surface area contributed by atoms with Crippen LogP contribution in [0, 0.1) is 11.3 Å². The van der Waals surface area contributed by atoms with Crippen LogP contribution < -0.4 is 19.3 Å². The van der Waals surface area contributed by atoms with Crippen LogP contribution in [0.15, 0.2) is 57.5 Å². The Morgan fingerprint density at radius 1 is 0.984 bits per heavy atom. The predicted molar refractivity (Wildman–Crippen MR) is 243 cm³/mol. The molecule has 2 fully saturated rings. The van der Waals surface area contributed by atoms with Crippen LogP contribution >= 0.6 is 43.5 Å². The monoisotopic (exact) mass is 979 g/mol. The Kier molecular flexibility index (Phi) is 14.9. The lowest BCUT2D eigenvalue weighted by Crippen LogP contribution is -2.56. The van der Waals surface area contributed by atoms with Crippen molar-refractivity contribution in [2.45, 2.75) is 77.1 Å². The summed E-state index contributed by atoms with van der Waals surface area (Å²) in [6, 6.07) is 18.1. The minimum absolute atomic E-state index is 0.173. The Labute approximate surface area is 379 Å². The van der Waals surface area contributed by atoms with Crippen molar-refractivity contribution in [3.05, 3.63) is 79.3 Å². The largest absolute Gasteiger partial charge is 0.489 e. The maximum atomic E-state index is 13.3. The maximum Gasteiger partial charge on any atom is 0.410 e. The normalized spacial score (nSPS) is 18.2. The smallest absolute Gasteiger partial charge is 0.410 e. The number of carbonyl (C=O) groups is 2. The first-order chi connectivity index (χ1) is 29.4. The number of nitrogens with zero attached hydrogens (tertiary/aromatic N) is 7. The van der Waals surface area contributed by atoms with Gasteiger partial charge in [-0.3, -0.25) is 9.69 Å². The van der Waals surface area contributed by atoms with Gasteiger partial charge in [-0.2, -0.15) is 15.2 Å². The van der Waals surface area contributed by atoms with Gasteiger partial charge in [-0.05, 0) is 115 Å². The van der Waals surface area contributed by atoms with Gasteiger partial charge >= 0.3 is 12.1 Å². The number of ether oxygens (including phenoxy) is 4. The number of carbonyl (C=O) groups excluding carboxylic acids is 2. The number of likely N-dealkylation sites (tertiary alicyclic amines) is 1. The number of amides is 1. The number of halogens is 3. The van der Waals surface area contributed by atoms with E-state index in [-0.39, 0.29) is 18.5 Å². The molecule has 0 aliphatic carbocycles. The second kappa shape index (κ2) is 20.3. The van der Waals surface area contributed by atoms with Crippen LogP contribution in [0.2, 0.25) is 5.02 Å². The molecule has 0 radical (unpaired) electrons. The van der Waals surface area contributed by atoms with Gasteiger partial charge in [0.05, 0.1) is 51.3 Å². The van der Waals surface area contributed by atoms with Crippen LogP contribution in [0.1, 0.15) is 68.1 Å². The minimum atomic E-state index is -0.647. The molecular formula is C45H52Br2ClN7O6. The zero-order valence-corrected chi connectivity index (χ0v) is 38.8. The van der Waals surface area contributed by atoms with Crippen molar-refractivity contribution < 1.29 is 28.5 Å². The molecule has 324 valence electrons. The summed E-state index contributed by atoms with van der Waals surface area (Å²) in [4.78, 5) is 43.2. The molecule has 16 heteroatoms. The molecule has 0 saturated carbocycles. The number of fused-ring (bicyclic) bond motifs is 2. The van der Waals surface area contributed by atoms with Gasteiger partial charge in [0.15, 0.2) is 0 Å². The fourth-order valence-electron chi connectivity index (χ4n) is 8.36. The van der Waals surface area contributed by atoms with E-state index < -0.39 is 11.7 Å². The van der Waals surface area contributed by atoms with E-state index >= 15 is 0 Å². The molecule has 3 aliphatic heterocycles. The van der Waals surface area contributed by atoms with E-state index in [4.69, 9.17) is 40.5 Å². The van der Waals surface area contributed by atoms with Gasteiger partial charge in [0.1, 0.15) is 36.7 Å². The lowest BCUT2D eigenvalue weighted by atomic mass is 10.0. The molecule has 61 heavy (non-hydrogen) atoms. The van der Waals surface area contributed by atoms with E-state index in [0.717, 1.165) is 78.7 Å². The Morgan fingerprint density at radius 3 is 2.52 bits per heavy atom. The van der Waals surface area contributed by atoms with Crippen molar-refractivity contribution in [3.63, 3.8) is 0 Å². The molecule has 1 unspecified atom stereocenters. The highest BCUT2D eigenvalue weighted by atomic mass is 79.9. The second-order valence-corrected chi connectivity index (χ2v) is 18.7. The SMILES string of the molecule is CC(C)(C)OC(=O)N1CCN(c2nc(OC[C@@H]3CCCN3CCCOCCOc3c(Br)cc(C=O)cc3Br)nc3c2CCN(c2cccc4cccc(Cl)c24)C3)CC1CC#N. The van der Waals surface area contributed by atoms with Gasteiger partial charge in [0, 0.05) is 67.6 Å². The van der Waals surface area contributed by atoms with Gasteiger partial charge in [0.2, 0.25) is 0 Å². The van der Waals surface area contributed by atoms with Crippen molar-refractivity contribution in [2.24, 2.45) is 0 Å². The van der Waals surface area contributed by atoms with Gasteiger partial charge in [-0.1, -0.05) is 35.9 Å². The molecule has 0 bridgehead atoms. The van der Waals surface area contributed by atoms with Crippen LogP contribution in [0.25, 0.3) is 10.8 Å². The van der Waals surface area contributed by atoms with E-state index in [0.29, 0.717) is 90.3 Å². The van der Waals surface area contributed by atoms with Gasteiger partial charge in [0.25, 0.3) is 0 Å². The van der Waals surface area contributed by atoms with Crippen LogP contribution in [0.5, 0.6) is 11.8 Å². The third-order valence-corrected chi connectivity index (χ3v) is 12.7. The molecule has 0 N–H and O–H groups in total. The number of aromatic nitrogens is 2. The summed E-state index contributed by atoms with van der Waals surface area (Å²) < 4.78 is 25.5. The maximum absolute atomic E-state index is 13.3. The third-order valence-electron chi connectivity index (χ3n) is 11.2. The van der Waals surface area contributed by atoms with Crippen molar-refractivity contribution >= 4 is 78.1 Å². The molecule has 7 rings (SSSR count). The number of aldehydes is 1. The van der Waals surface area contributed by atoms with Gasteiger partial charge in [-0.15, -0.1) is 0 Å². The summed E-state index contributed by atoms with van der Waals surface area (Å²) in [5, 5.41) is 12.6. The summed E-state index contributed by atoms with van der Waals surface area (Å²) in [6.07, 6.45) is 4.22. The predicted octanol–water partition coefficient (Wildman–Crippen LogP) is 8.85. The van der Waals surface area contributed by atoms with Crippen LogP contribution in [0.3, 0.4) is 0 Å². The number of benzene rings is 3. The lowest BCUT2D eigenvalue weighted by Gasteiger charge is -2.42. The summed E-state index contributed by atoms with van der Waals surface area (Å²) in [5.74, 6) is 1.43. The molecule has 2 atom stereocenters. The highest BCUT2D eigenvalue weighted by molar-refractivity contribution is 9.11. The first-order valence-corrected chi connectivity index (χ1v) is 22.8. The molecule has 4 heterocycles. The summed E-state index contributed by atoms with van der Waals surface area (Å²) >= 11 is 13.7. The topological polar surface area (TPSA) is 134 Å². The van der Waals surface area contributed by atoms with Gasteiger partial charge in [-0.25, -0.2) is 4.79 Å². The van der Waals surface area contributed by atoms with Crippen LogP contribution in [-0.2, 0) is 22.4 Å². The fourth-order valence-corrected chi connectivity index (χ4v) is 10.1. The lowest BCUT2D eigenvalue weighted by molar-refractivity contribution is 0.0144. The molecule has 13 nitrogen and oxygen atoms in total. The number of piperazine rings is 1. The number of rotatable bonds is 15. The van der Waals surface area contributed by atoms with Crippen molar-refractivity contribution in [2.75, 3.05) is 75.5 Å². The first-order valence-electron chi connectivity index (χ1n) is 20.9. The third kappa shape index (κ3) is 11.1. The summed E-state index contributed by atoms with van der Waals surface area (Å²) in [5.41, 5.74) is 2.91. The van der Waals surface area contributed by atoms with E-state index in [1.807, 2.05) is 32.9 Å². The summed E-state index contributed by atoms with van der Waals surface area (Å²) in [6.45, 7) is 11.9. The second-order valence-electron chi connectivity index (χ2n) is 16.6. The Bertz CT molecular complexity index is 2230. The number of hydrogen-bond acceptors (Lipinski definition) is 12. The Hall–Kier alpha value is -4.20. The van der Waals surface area contributed by atoms with Crippen LogP contribution in [-0.4, -0.2) is 116 Å². The molecular weight excluding hydrogens is 930 g/mol. The molecule has 4 aromatic rings. The van der Waals surface area contributed by atoms with E-state index in [9.17, 15) is 14.9 Å². The zero-order chi connectivity index (χ0) is 43.1. The number of hydrogen-bond donors (Lipinski definition) is 0. The Morgan fingerprint density at radius 2 is 1.77 bits per heavy atom. The highest BCUT2D eigenvalue weighted by Crippen LogP contribution is 2.38. The minimum Gasteiger partial charge on any atom is -0.489 e. The number of nitriles is 1. The molecule has 3 aliphatic rings. The average molecular weight is 982 g/mol. The quantitative estimate of drug-likeness (QED) is 0.0833. The average Bonchev–Trinajstić information content (AvgIpc) is 3.69. The molecule has 2 saturated heterocycles. The highest BCUT2D eigenvalue weighted by Gasteiger charge is 2.36. The van der Waals surface area contributed by atoms with E-state index in [2.05, 4.69) is 76.9 Å². The van der Waals surface area contributed by atoms with Crippen molar-refractivity contribution in [3.8, 4) is 17.8 Å². The number of anilines is 2. The fraction of sp³-hybridized carbons (Fsp3) is 0.489. The molecule has 1 amide bonds. The standard InChI is InChI=1S/C45H52Br2ClN7O6/c1-45(2,3)61-44(57)55-20-19-54(26-32(55)13-15-49)42-34-14-18-53(39-12-5-9-31-8-4-11-37(48)40(31)39)27-38(34)50-43(51-42)60-29-33-10-6-16-52(33)17-7-21-58-22-23-59-41-35(46)24-30(28-56)25-36(41)47/h4-5,8-9,11-12,24-25,28,32-33H,6-7,10,13-14,16-23,26-27,29H2,1-3H3/t32?,33-/m0/s1. The molecule has 1 aromatic heterocycles. The van der Waals surface area contributed by atoms with E-state index in [1.54, 1.807) is 17.0 Å². The summed E-state index contributed by atoms with van der Waals surface area (Å²) in [7, 11) is 0. The molecule has 0 spiro atoms. The van der Waals surface area contributed by atoms with Crippen LogP contribution in [0.4, 0.5) is 16.3 Å². The van der Waals surface area contributed by atoms with Gasteiger partial charge < -0.3 is 33.6 Å².